The molecular formula is C17H19N3O3. The molecule has 6 heteroatoms. The smallest absolute Gasteiger partial charge is 0.330 e. The first-order valence-electron chi connectivity index (χ1n) is 7.58. The van der Waals surface area contributed by atoms with Crippen molar-refractivity contribution in [3.8, 4) is 0 Å². The number of carbonyl (C=O) groups is 2. The van der Waals surface area contributed by atoms with E-state index in [4.69, 9.17) is 0 Å². The number of nitrogens with one attached hydrogen (secondary N) is 1. The van der Waals surface area contributed by atoms with E-state index in [1.807, 2.05) is 19.2 Å². The van der Waals surface area contributed by atoms with E-state index < -0.39 is 17.4 Å². The Labute approximate surface area is 134 Å². The second-order valence-corrected chi connectivity index (χ2v) is 6.14. The summed E-state index contributed by atoms with van der Waals surface area (Å²) < 4.78 is 1.72. The van der Waals surface area contributed by atoms with Gasteiger partial charge in [-0.25, -0.2) is 4.79 Å². The molecule has 0 unspecified atom stereocenters. The largest absolute Gasteiger partial charge is 0.479 e. The molecule has 1 aromatic carbocycles. The maximum Gasteiger partial charge on any atom is 0.330 e. The van der Waals surface area contributed by atoms with Crippen LogP contribution in [-0.2, 0) is 16.1 Å². The molecule has 1 atom stereocenters. The highest BCUT2D eigenvalue weighted by Crippen LogP contribution is 2.47. The molecule has 0 spiro atoms. The van der Waals surface area contributed by atoms with E-state index in [1.165, 1.54) is 0 Å². The third-order valence-electron chi connectivity index (χ3n) is 4.26. The first kappa shape index (κ1) is 15.3. The number of aryl methyl sites for hydroxylation is 1. The van der Waals surface area contributed by atoms with Crippen LogP contribution in [0.4, 0.5) is 0 Å². The van der Waals surface area contributed by atoms with Crippen LogP contribution < -0.4 is 5.32 Å². The molecule has 1 aliphatic carbocycles. The average Bonchev–Trinajstić information content (AvgIpc) is 3.11. The number of hydrogen-bond donors (Lipinski definition) is 2. The highest BCUT2D eigenvalue weighted by molar-refractivity contribution is 5.89. The Kier molecular flexibility index (Phi) is 3.90. The molecule has 0 radical (unpaired) electrons. The number of hydrogen-bond acceptors (Lipinski definition) is 3. The molecule has 0 aliphatic heterocycles. The molecule has 3 rings (SSSR count). The Bertz CT molecular complexity index is 720. The van der Waals surface area contributed by atoms with Crippen molar-refractivity contribution in [3.63, 3.8) is 0 Å². The van der Waals surface area contributed by atoms with Gasteiger partial charge in [-0.1, -0.05) is 29.8 Å². The van der Waals surface area contributed by atoms with Gasteiger partial charge < -0.3 is 10.4 Å². The Morgan fingerprint density at radius 2 is 2.17 bits per heavy atom. The van der Waals surface area contributed by atoms with E-state index in [2.05, 4.69) is 10.4 Å². The average molecular weight is 313 g/mol. The third kappa shape index (κ3) is 3.26. The lowest BCUT2D eigenvalue weighted by molar-refractivity contribution is -0.143. The first-order valence-corrected chi connectivity index (χ1v) is 7.58. The van der Waals surface area contributed by atoms with Crippen LogP contribution in [0.15, 0.2) is 42.7 Å². The molecule has 2 aromatic rings. The first-order chi connectivity index (χ1) is 11.0. The summed E-state index contributed by atoms with van der Waals surface area (Å²) in [6.07, 6.45) is 4.97. The Morgan fingerprint density at radius 3 is 2.74 bits per heavy atom. The Balaban J connectivity index is 1.75. The van der Waals surface area contributed by atoms with Crippen LogP contribution in [0.2, 0.25) is 0 Å². The maximum atomic E-state index is 12.6. The minimum absolute atomic E-state index is 0.220. The second kappa shape index (κ2) is 5.87. The van der Waals surface area contributed by atoms with Crippen LogP contribution in [0.25, 0.3) is 0 Å². The van der Waals surface area contributed by atoms with Crippen molar-refractivity contribution in [1.82, 2.24) is 15.1 Å². The molecule has 1 amide bonds. The molecule has 2 N–H and O–H groups in total. The maximum absolute atomic E-state index is 12.6. The number of nitrogens with zero attached hydrogens (tertiary/aromatic N) is 2. The van der Waals surface area contributed by atoms with Gasteiger partial charge in [0.05, 0.1) is 12.0 Å². The number of aliphatic carboxylic acids is 1. The second-order valence-electron chi connectivity index (χ2n) is 6.14. The van der Waals surface area contributed by atoms with Crippen LogP contribution in [0.5, 0.6) is 0 Å². The van der Waals surface area contributed by atoms with Crippen LogP contribution in [0.3, 0.4) is 0 Å². The Morgan fingerprint density at radius 1 is 1.39 bits per heavy atom. The molecule has 23 heavy (non-hydrogen) atoms. The van der Waals surface area contributed by atoms with Crippen LogP contribution in [-0.4, -0.2) is 26.8 Å². The fourth-order valence-corrected chi connectivity index (χ4v) is 2.73. The van der Waals surface area contributed by atoms with Crippen LogP contribution >= 0.6 is 0 Å². The SMILES string of the molecule is Cc1cccc([C@H](NC(=O)C2(Cn3cccn3)CC2)C(=O)O)c1. The van der Waals surface area contributed by atoms with E-state index in [-0.39, 0.29) is 5.91 Å². The summed E-state index contributed by atoms with van der Waals surface area (Å²) in [4.78, 5) is 24.2. The zero-order chi connectivity index (χ0) is 16.4. The molecule has 1 saturated carbocycles. The number of carboxylic acids is 1. The van der Waals surface area contributed by atoms with Gasteiger partial charge in [-0.2, -0.15) is 5.10 Å². The normalized spacial score (nSPS) is 16.6. The lowest BCUT2D eigenvalue weighted by Gasteiger charge is -2.20. The number of rotatable bonds is 6. The van der Waals surface area contributed by atoms with Crippen LogP contribution in [0, 0.1) is 12.3 Å². The van der Waals surface area contributed by atoms with Crippen molar-refractivity contribution < 1.29 is 14.7 Å². The molecule has 1 aliphatic rings. The number of amides is 1. The van der Waals surface area contributed by atoms with E-state index in [0.29, 0.717) is 12.1 Å². The highest BCUT2D eigenvalue weighted by Gasteiger charge is 2.51. The molecule has 0 bridgehead atoms. The zero-order valence-corrected chi connectivity index (χ0v) is 12.9. The standard InChI is InChI=1S/C17H19N3O3/c1-12-4-2-5-13(10-12)14(15(21)22)19-16(23)17(6-7-17)11-20-9-3-8-18-20/h2-5,8-10,14H,6-7,11H2,1H3,(H,19,23)(H,21,22)/t14-/m0/s1. The number of aromatic nitrogens is 2. The molecule has 1 fully saturated rings. The zero-order valence-electron chi connectivity index (χ0n) is 12.9. The van der Waals surface area contributed by atoms with Crippen molar-refractivity contribution in [3.05, 3.63) is 53.9 Å². The molecule has 0 saturated heterocycles. The summed E-state index contributed by atoms with van der Waals surface area (Å²) in [7, 11) is 0. The van der Waals surface area contributed by atoms with Gasteiger partial charge in [0.25, 0.3) is 0 Å². The topological polar surface area (TPSA) is 84.2 Å². The van der Waals surface area contributed by atoms with E-state index >= 15 is 0 Å². The predicted octanol–water partition coefficient (Wildman–Crippen LogP) is 1.91. The van der Waals surface area contributed by atoms with Crippen molar-refractivity contribution >= 4 is 11.9 Å². The number of carboxylic acid groups (broad SMARTS) is 1. The summed E-state index contributed by atoms with van der Waals surface area (Å²) in [5.41, 5.74) is 1.00. The van der Waals surface area contributed by atoms with Gasteiger partial charge >= 0.3 is 5.97 Å². The fourth-order valence-electron chi connectivity index (χ4n) is 2.73. The Hall–Kier alpha value is -2.63. The third-order valence-corrected chi connectivity index (χ3v) is 4.26. The van der Waals surface area contributed by atoms with Crippen molar-refractivity contribution in [2.24, 2.45) is 5.41 Å². The van der Waals surface area contributed by atoms with Crippen molar-refractivity contribution in [2.75, 3.05) is 0 Å². The molecule has 120 valence electrons. The van der Waals surface area contributed by atoms with E-state index in [0.717, 1.165) is 18.4 Å². The summed E-state index contributed by atoms with van der Waals surface area (Å²) >= 11 is 0. The molecule has 6 nitrogen and oxygen atoms in total. The predicted molar refractivity (Wildman–Crippen MR) is 83.6 cm³/mol. The summed E-state index contributed by atoms with van der Waals surface area (Å²) in [5, 5.41) is 16.3. The van der Waals surface area contributed by atoms with E-state index in [9.17, 15) is 14.7 Å². The monoisotopic (exact) mass is 313 g/mol. The van der Waals surface area contributed by atoms with Gasteiger partial charge in [-0.05, 0) is 31.4 Å². The summed E-state index contributed by atoms with van der Waals surface area (Å²) in [6, 6.07) is 7.97. The van der Waals surface area contributed by atoms with E-state index in [1.54, 1.807) is 35.1 Å². The van der Waals surface area contributed by atoms with Gasteiger partial charge in [-0.15, -0.1) is 0 Å². The van der Waals surface area contributed by atoms with Gasteiger partial charge in [0, 0.05) is 12.4 Å². The van der Waals surface area contributed by atoms with Crippen LogP contribution in [0.1, 0.15) is 30.0 Å². The fraction of sp³-hybridized carbons (Fsp3) is 0.353. The van der Waals surface area contributed by atoms with Crippen molar-refractivity contribution in [1.29, 1.82) is 0 Å². The van der Waals surface area contributed by atoms with Crippen molar-refractivity contribution in [2.45, 2.75) is 32.4 Å². The summed E-state index contributed by atoms with van der Waals surface area (Å²) in [6.45, 7) is 2.37. The van der Waals surface area contributed by atoms with Gasteiger partial charge in [0.1, 0.15) is 0 Å². The highest BCUT2D eigenvalue weighted by atomic mass is 16.4. The van der Waals surface area contributed by atoms with Gasteiger partial charge in [-0.3, -0.25) is 9.48 Å². The molecular weight excluding hydrogens is 294 g/mol. The minimum atomic E-state index is -1.06. The lowest BCUT2D eigenvalue weighted by atomic mass is 10.0. The number of carbonyl (C=O) groups excluding carboxylic acids is 1. The lowest BCUT2D eigenvalue weighted by Crippen LogP contribution is -2.40. The summed E-state index contributed by atoms with van der Waals surface area (Å²) in [5.74, 6) is -1.28. The molecule has 1 aromatic heterocycles. The van der Waals surface area contributed by atoms with Gasteiger partial charge in [0.15, 0.2) is 6.04 Å². The quantitative estimate of drug-likeness (QED) is 0.853. The van der Waals surface area contributed by atoms with Gasteiger partial charge in [0.2, 0.25) is 5.91 Å². The number of benzene rings is 1. The molecule has 1 heterocycles. The minimum Gasteiger partial charge on any atom is -0.479 e.